The number of halogens is 3. The van der Waals surface area contributed by atoms with Crippen molar-refractivity contribution in [2.45, 2.75) is 32.5 Å². The Balaban J connectivity index is 1.51. The predicted molar refractivity (Wildman–Crippen MR) is 94.5 cm³/mol. The van der Waals surface area contributed by atoms with E-state index >= 15 is 0 Å². The molecule has 0 spiro atoms. The molecule has 1 aromatic heterocycles. The number of urea groups is 1. The first-order valence-electron chi connectivity index (χ1n) is 9.22. The number of hydrogen-bond acceptors (Lipinski definition) is 4. The topological polar surface area (TPSA) is 62.6 Å². The molecule has 27 heavy (non-hydrogen) atoms. The first-order valence-corrected chi connectivity index (χ1v) is 9.22. The Morgan fingerprint density at radius 1 is 1.22 bits per heavy atom. The summed E-state index contributed by atoms with van der Waals surface area (Å²) < 4.78 is 42.6. The molecule has 154 valence electrons. The maximum absolute atomic E-state index is 12.2. The van der Waals surface area contributed by atoms with E-state index in [0.717, 1.165) is 31.9 Å². The van der Waals surface area contributed by atoms with Crippen LogP contribution in [0.25, 0.3) is 0 Å². The molecule has 1 aliphatic heterocycles. The molecule has 1 aliphatic rings. The summed E-state index contributed by atoms with van der Waals surface area (Å²) in [7, 11) is 0. The van der Waals surface area contributed by atoms with E-state index in [9.17, 15) is 18.0 Å². The maximum Gasteiger partial charge on any atom is 0.411 e. The van der Waals surface area contributed by atoms with Crippen molar-refractivity contribution < 1.29 is 22.7 Å². The summed E-state index contributed by atoms with van der Waals surface area (Å²) in [6.07, 6.45) is 0.799. The molecule has 7 nitrogen and oxygen atoms in total. The number of nitrogens with one attached hydrogen (secondary N) is 1. The fourth-order valence-corrected chi connectivity index (χ4v) is 2.95. The highest BCUT2D eigenvalue weighted by atomic mass is 19.4. The van der Waals surface area contributed by atoms with Gasteiger partial charge >= 0.3 is 12.2 Å². The minimum Gasteiger partial charge on any atom is -0.372 e. The van der Waals surface area contributed by atoms with Crippen LogP contribution in [0.1, 0.15) is 18.7 Å². The summed E-state index contributed by atoms with van der Waals surface area (Å²) in [5, 5.41) is 2.93. The molecule has 0 aromatic carbocycles. The molecule has 0 unspecified atom stereocenters. The number of carbonyl (C=O) groups is 1. The Hall–Kier alpha value is -1.81. The van der Waals surface area contributed by atoms with Crippen molar-refractivity contribution in [1.29, 1.82) is 0 Å². The summed E-state index contributed by atoms with van der Waals surface area (Å²) in [5.41, 5.74) is 0. The number of aryl methyl sites for hydroxylation is 2. The SMILES string of the molecule is Cc1nccn1CCCNC(=O)N1CCN(CCCOCC(F)(F)F)CC1. The van der Waals surface area contributed by atoms with Gasteiger partial charge in [0.25, 0.3) is 0 Å². The van der Waals surface area contributed by atoms with Gasteiger partial charge in [0.05, 0.1) is 0 Å². The van der Waals surface area contributed by atoms with Crippen LogP contribution in [-0.4, -0.2) is 84.0 Å². The number of piperazine rings is 1. The summed E-state index contributed by atoms with van der Waals surface area (Å²) in [5.74, 6) is 0.959. The zero-order valence-electron chi connectivity index (χ0n) is 15.7. The van der Waals surface area contributed by atoms with E-state index in [1.807, 2.05) is 17.7 Å². The molecule has 2 amide bonds. The minimum atomic E-state index is -4.27. The Labute approximate surface area is 157 Å². The highest BCUT2D eigenvalue weighted by molar-refractivity contribution is 5.74. The first-order chi connectivity index (χ1) is 12.8. The van der Waals surface area contributed by atoms with Crippen molar-refractivity contribution >= 4 is 6.03 Å². The van der Waals surface area contributed by atoms with Crippen LogP contribution in [0, 0.1) is 6.92 Å². The molecule has 1 fully saturated rings. The van der Waals surface area contributed by atoms with Crippen molar-refractivity contribution in [2.24, 2.45) is 0 Å². The van der Waals surface area contributed by atoms with Crippen LogP contribution in [0.2, 0.25) is 0 Å². The first kappa shape index (κ1) is 21.5. The van der Waals surface area contributed by atoms with Crippen molar-refractivity contribution in [2.75, 3.05) is 52.5 Å². The zero-order valence-corrected chi connectivity index (χ0v) is 15.7. The number of hydrogen-bond donors (Lipinski definition) is 1. The Morgan fingerprint density at radius 3 is 2.59 bits per heavy atom. The molecule has 10 heteroatoms. The molecular weight excluding hydrogens is 363 g/mol. The van der Waals surface area contributed by atoms with Crippen LogP contribution in [0.3, 0.4) is 0 Å². The second kappa shape index (κ2) is 10.5. The molecule has 0 aliphatic carbocycles. The largest absolute Gasteiger partial charge is 0.411 e. The molecule has 2 rings (SSSR count). The molecule has 0 saturated carbocycles. The standard InChI is InChI=1S/C17H28F3N5O2/c1-15-21-5-8-24(15)7-2-4-22-16(26)25-11-9-23(10-12-25)6-3-13-27-14-17(18,19)20/h5,8H,2-4,6-7,9-14H2,1H3,(H,22,26). The number of amides is 2. The van der Waals surface area contributed by atoms with E-state index in [1.165, 1.54) is 0 Å². The lowest BCUT2D eigenvalue weighted by Gasteiger charge is -2.34. The number of aromatic nitrogens is 2. The second-order valence-electron chi connectivity index (χ2n) is 6.60. The number of carbonyl (C=O) groups excluding carboxylic acids is 1. The highest BCUT2D eigenvalue weighted by Gasteiger charge is 2.27. The summed E-state index contributed by atoms with van der Waals surface area (Å²) in [6.45, 7) is 5.63. The van der Waals surface area contributed by atoms with Gasteiger partial charge in [0, 0.05) is 64.8 Å². The van der Waals surface area contributed by atoms with E-state index in [2.05, 4.69) is 19.9 Å². The van der Waals surface area contributed by atoms with Crippen molar-refractivity contribution in [3.05, 3.63) is 18.2 Å². The van der Waals surface area contributed by atoms with Crippen LogP contribution in [0.4, 0.5) is 18.0 Å². The fourth-order valence-electron chi connectivity index (χ4n) is 2.95. The summed E-state index contributed by atoms with van der Waals surface area (Å²) >= 11 is 0. The zero-order chi connectivity index (χ0) is 19.7. The third-order valence-electron chi connectivity index (χ3n) is 4.46. The number of ether oxygens (including phenoxy) is 1. The Morgan fingerprint density at radius 2 is 1.96 bits per heavy atom. The molecule has 0 bridgehead atoms. The predicted octanol–water partition coefficient (Wildman–Crippen LogP) is 1.88. The van der Waals surface area contributed by atoms with E-state index in [-0.39, 0.29) is 12.6 Å². The van der Waals surface area contributed by atoms with Gasteiger partial charge in [-0.15, -0.1) is 0 Å². The van der Waals surface area contributed by atoms with Gasteiger partial charge in [0.15, 0.2) is 0 Å². The van der Waals surface area contributed by atoms with Gasteiger partial charge in [-0.1, -0.05) is 0 Å². The van der Waals surface area contributed by atoms with Crippen molar-refractivity contribution in [3.63, 3.8) is 0 Å². The van der Waals surface area contributed by atoms with E-state index in [4.69, 9.17) is 0 Å². The van der Waals surface area contributed by atoms with Gasteiger partial charge in [-0.2, -0.15) is 13.2 Å². The molecular formula is C17H28F3N5O2. The molecule has 2 heterocycles. The van der Waals surface area contributed by atoms with Gasteiger partial charge in [0.1, 0.15) is 12.4 Å². The average Bonchev–Trinajstić information content (AvgIpc) is 3.03. The van der Waals surface area contributed by atoms with E-state index < -0.39 is 12.8 Å². The lowest BCUT2D eigenvalue weighted by molar-refractivity contribution is -0.174. The molecule has 1 N–H and O–H groups in total. The van der Waals surface area contributed by atoms with Gasteiger partial charge < -0.3 is 19.5 Å². The summed E-state index contributed by atoms with van der Waals surface area (Å²) in [4.78, 5) is 20.3. The Bertz CT molecular complexity index is 571. The number of imidazole rings is 1. The van der Waals surface area contributed by atoms with E-state index in [0.29, 0.717) is 32.6 Å². The number of nitrogens with zero attached hydrogens (tertiary/aromatic N) is 4. The normalized spacial score (nSPS) is 15.9. The van der Waals surface area contributed by atoms with Gasteiger partial charge in [-0.3, -0.25) is 4.90 Å². The lowest BCUT2D eigenvalue weighted by Crippen LogP contribution is -2.52. The molecule has 1 saturated heterocycles. The highest BCUT2D eigenvalue weighted by Crippen LogP contribution is 2.14. The lowest BCUT2D eigenvalue weighted by atomic mass is 10.3. The fraction of sp³-hybridized carbons (Fsp3) is 0.765. The van der Waals surface area contributed by atoms with Gasteiger partial charge in [-0.25, -0.2) is 9.78 Å². The number of rotatable bonds is 9. The van der Waals surface area contributed by atoms with Crippen LogP contribution in [-0.2, 0) is 11.3 Å². The Kier molecular flexibility index (Phi) is 8.36. The second-order valence-corrected chi connectivity index (χ2v) is 6.60. The van der Waals surface area contributed by atoms with Crippen LogP contribution >= 0.6 is 0 Å². The van der Waals surface area contributed by atoms with Crippen LogP contribution in [0.5, 0.6) is 0 Å². The van der Waals surface area contributed by atoms with Gasteiger partial charge in [-0.05, 0) is 19.8 Å². The third-order valence-corrected chi connectivity index (χ3v) is 4.46. The third kappa shape index (κ3) is 8.17. The average molecular weight is 391 g/mol. The van der Waals surface area contributed by atoms with Crippen LogP contribution < -0.4 is 5.32 Å². The molecule has 0 atom stereocenters. The van der Waals surface area contributed by atoms with Crippen LogP contribution in [0.15, 0.2) is 12.4 Å². The van der Waals surface area contributed by atoms with Gasteiger partial charge in [0.2, 0.25) is 0 Å². The smallest absolute Gasteiger partial charge is 0.372 e. The number of alkyl halides is 3. The molecule has 0 radical (unpaired) electrons. The summed E-state index contributed by atoms with van der Waals surface area (Å²) in [6, 6.07) is -0.0643. The van der Waals surface area contributed by atoms with Crippen molar-refractivity contribution in [3.8, 4) is 0 Å². The quantitative estimate of drug-likeness (QED) is 0.653. The maximum atomic E-state index is 12.2. The monoisotopic (exact) mass is 391 g/mol. The minimum absolute atomic E-state index is 0.0643. The molecule has 1 aromatic rings. The van der Waals surface area contributed by atoms with E-state index in [1.54, 1.807) is 11.1 Å². The van der Waals surface area contributed by atoms with Crippen molar-refractivity contribution in [1.82, 2.24) is 24.7 Å².